The van der Waals surface area contributed by atoms with Crippen LogP contribution >= 0.6 is 0 Å². The van der Waals surface area contributed by atoms with Crippen LogP contribution in [0.25, 0.3) is 0 Å². The molecule has 1 heterocycles. The Labute approximate surface area is 140 Å². The van der Waals surface area contributed by atoms with Crippen molar-refractivity contribution in [2.24, 2.45) is 0 Å². The van der Waals surface area contributed by atoms with Gasteiger partial charge in [0.25, 0.3) is 5.91 Å². The van der Waals surface area contributed by atoms with Gasteiger partial charge in [0.2, 0.25) is 0 Å². The van der Waals surface area contributed by atoms with Gasteiger partial charge in [-0.15, -0.1) is 0 Å². The van der Waals surface area contributed by atoms with E-state index in [1.165, 1.54) is 41.4 Å². The molecule has 2 aromatic rings. The Bertz CT molecular complexity index is 812. The third-order valence-electron chi connectivity index (χ3n) is 3.55. The van der Waals surface area contributed by atoms with Crippen LogP contribution < -0.4 is 0 Å². The van der Waals surface area contributed by atoms with Gasteiger partial charge >= 0.3 is 0 Å². The quantitative estimate of drug-likeness (QED) is 0.749. The smallest absolute Gasteiger partial charge is 0.275 e. The number of rotatable bonds is 1. The van der Waals surface area contributed by atoms with Crippen LogP contribution in [-0.4, -0.2) is 28.4 Å². The summed E-state index contributed by atoms with van der Waals surface area (Å²) in [5.74, 6) is 3.98. The Morgan fingerprint density at radius 2 is 1.67 bits per heavy atom. The van der Waals surface area contributed by atoms with Crippen LogP contribution in [0.15, 0.2) is 36.5 Å². The standard InChI is InChI=1S/C19H18F2N2O/c1-19(2,3)23(4)18(24)17-16(21)11-14(12-22-17)6-5-13-7-9-15(20)10-8-13/h7-12H,1-4H3. The molecule has 24 heavy (non-hydrogen) atoms. The van der Waals surface area contributed by atoms with Gasteiger partial charge < -0.3 is 4.90 Å². The van der Waals surface area contributed by atoms with E-state index in [0.29, 0.717) is 11.1 Å². The van der Waals surface area contributed by atoms with E-state index in [2.05, 4.69) is 16.8 Å². The van der Waals surface area contributed by atoms with E-state index in [0.717, 1.165) is 0 Å². The number of nitrogens with zero attached hydrogens (tertiary/aromatic N) is 2. The molecule has 0 aliphatic heterocycles. The summed E-state index contributed by atoms with van der Waals surface area (Å²) in [6.45, 7) is 5.56. The highest BCUT2D eigenvalue weighted by Gasteiger charge is 2.26. The third-order valence-corrected chi connectivity index (χ3v) is 3.55. The van der Waals surface area contributed by atoms with Crippen molar-refractivity contribution in [3.63, 3.8) is 0 Å². The molecule has 3 nitrogen and oxygen atoms in total. The van der Waals surface area contributed by atoms with Gasteiger partial charge in [0.1, 0.15) is 5.82 Å². The van der Waals surface area contributed by atoms with Crippen molar-refractivity contribution in [1.82, 2.24) is 9.88 Å². The predicted octanol–water partition coefficient (Wildman–Crippen LogP) is 3.63. The molecule has 1 aromatic carbocycles. The lowest BCUT2D eigenvalue weighted by Crippen LogP contribution is -2.43. The fourth-order valence-corrected chi connectivity index (χ4v) is 1.80. The molecule has 0 N–H and O–H groups in total. The van der Waals surface area contributed by atoms with Crippen molar-refractivity contribution in [2.45, 2.75) is 26.3 Å². The second kappa shape index (κ2) is 6.79. The molecule has 0 saturated heterocycles. The SMILES string of the molecule is CN(C(=O)c1ncc(C#Cc2ccc(F)cc2)cc1F)C(C)(C)C. The van der Waals surface area contributed by atoms with E-state index in [-0.39, 0.29) is 11.5 Å². The highest BCUT2D eigenvalue weighted by molar-refractivity contribution is 5.92. The summed E-state index contributed by atoms with van der Waals surface area (Å²) < 4.78 is 27.0. The van der Waals surface area contributed by atoms with Crippen molar-refractivity contribution < 1.29 is 13.6 Å². The summed E-state index contributed by atoms with van der Waals surface area (Å²) in [4.78, 5) is 17.6. The van der Waals surface area contributed by atoms with Gasteiger partial charge in [0.05, 0.1) is 0 Å². The number of pyridine rings is 1. The zero-order valence-electron chi connectivity index (χ0n) is 14.0. The van der Waals surface area contributed by atoms with E-state index >= 15 is 0 Å². The number of aromatic nitrogens is 1. The van der Waals surface area contributed by atoms with Crippen molar-refractivity contribution in [2.75, 3.05) is 7.05 Å². The van der Waals surface area contributed by atoms with Gasteiger partial charge in [-0.3, -0.25) is 4.79 Å². The topological polar surface area (TPSA) is 33.2 Å². The molecule has 0 radical (unpaired) electrons. The third kappa shape index (κ3) is 4.17. The average Bonchev–Trinajstić information content (AvgIpc) is 2.52. The van der Waals surface area contributed by atoms with Crippen LogP contribution in [0.1, 0.15) is 42.4 Å². The fourth-order valence-electron chi connectivity index (χ4n) is 1.80. The molecule has 2 rings (SSSR count). The lowest BCUT2D eigenvalue weighted by molar-refractivity contribution is 0.0644. The van der Waals surface area contributed by atoms with Gasteiger partial charge in [-0.2, -0.15) is 0 Å². The van der Waals surface area contributed by atoms with Crippen LogP contribution in [0.2, 0.25) is 0 Å². The zero-order chi connectivity index (χ0) is 17.9. The zero-order valence-corrected chi connectivity index (χ0v) is 14.0. The predicted molar refractivity (Wildman–Crippen MR) is 88.4 cm³/mol. The Kier molecular flexibility index (Phi) is 4.99. The molecular weight excluding hydrogens is 310 g/mol. The molecule has 0 atom stereocenters. The maximum Gasteiger partial charge on any atom is 0.275 e. The van der Waals surface area contributed by atoms with Crippen molar-refractivity contribution >= 4 is 5.91 Å². The van der Waals surface area contributed by atoms with Crippen LogP contribution in [0, 0.1) is 23.5 Å². The highest BCUT2D eigenvalue weighted by Crippen LogP contribution is 2.16. The highest BCUT2D eigenvalue weighted by atomic mass is 19.1. The van der Waals surface area contributed by atoms with Crippen LogP contribution in [0.5, 0.6) is 0 Å². The minimum absolute atomic E-state index is 0.236. The number of carbonyl (C=O) groups is 1. The second-order valence-corrected chi connectivity index (χ2v) is 6.35. The lowest BCUT2D eigenvalue weighted by atomic mass is 10.1. The number of hydrogen-bond donors (Lipinski definition) is 0. The van der Waals surface area contributed by atoms with Gasteiger partial charge in [-0.25, -0.2) is 13.8 Å². The largest absolute Gasteiger partial charge is 0.335 e. The van der Waals surface area contributed by atoms with Crippen LogP contribution in [0.3, 0.4) is 0 Å². The molecule has 1 amide bonds. The van der Waals surface area contributed by atoms with E-state index < -0.39 is 17.3 Å². The first-order valence-corrected chi connectivity index (χ1v) is 7.40. The van der Waals surface area contributed by atoms with Crippen molar-refractivity contribution in [3.8, 4) is 11.8 Å². The van der Waals surface area contributed by atoms with Gasteiger partial charge in [0, 0.05) is 29.9 Å². The average molecular weight is 328 g/mol. The van der Waals surface area contributed by atoms with Crippen molar-refractivity contribution in [3.05, 3.63) is 65.0 Å². The monoisotopic (exact) mass is 328 g/mol. The lowest BCUT2D eigenvalue weighted by Gasteiger charge is -2.31. The molecule has 0 aliphatic carbocycles. The number of amides is 1. The minimum Gasteiger partial charge on any atom is -0.335 e. The summed E-state index contributed by atoms with van der Waals surface area (Å²) in [6.07, 6.45) is 1.35. The molecule has 0 fully saturated rings. The first kappa shape index (κ1) is 17.6. The second-order valence-electron chi connectivity index (χ2n) is 6.35. The van der Waals surface area contributed by atoms with Gasteiger partial charge in [-0.05, 0) is 51.1 Å². The maximum absolute atomic E-state index is 14.2. The normalized spacial score (nSPS) is 10.8. The fraction of sp³-hybridized carbons (Fsp3) is 0.263. The molecule has 1 aromatic heterocycles. The minimum atomic E-state index is -0.720. The maximum atomic E-state index is 14.2. The van der Waals surface area contributed by atoms with Crippen LogP contribution in [0.4, 0.5) is 8.78 Å². The number of benzene rings is 1. The first-order chi connectivity index (χ1) is 11.2. The summed E-state index contributed by atoms with van der Waals surface area (Å²) in [5, 5.41) is 0. The summed E-state index contributed by atoms with van der Waals surface area (Å²) >= 11 is 0. The molecular formula is C19H18F2N2O. The number of carbonyl (C=O) groups excluding carboxylic acids is 1. The van der Waals surface area contributed by atoms with Crippen molar-refractivity contribution in [1.29, 1.82) is 0 Å². The number of halogens is 2. The molecule has 5 heteroatoms. The Morgan fingerprint density at radius 3 is 2.21 bits per heavy atom. The molecule has 0 aliphatic rings. The van der Waals surface area contributed by atoms with E-state index in [9.17, 15) is 13.6 Å². The molecule has 0 bridgehead atoms. The Balaban J connectivity index is 2.24. The van der Waals surface area contributed by atoms with Gasteiger partial charge in [-0.1, -0.05) is 11.8 Å². The first-order valence-electron chi connectivity index (χ1n) is 7.40. The Hall–Kier alpha value is -2.74. The number of hydrogen-bond acceptors (Lipinski definition) is 2. The molecule has 0 spiro atoms. The van der Waals surface area contributed by atoms with E-state index in [1.807, 2.05) is 20.8 Å². The summed E-state index contributed by atoms with van der Waals surface area (Å²) in [5.41, 5.74) is 0.266. The molecule has 0 saturated carbocycles. The Morgan fingerprint density at radius 1 is 1.08 bits per heavy atom. The van der Waals surface area contributed by atoms with E-state index in [4.69, 9.17) is 0 Å². The molecule has 124 valence electrons. The molecule has 0 unspecified atom stereocenters. The summed E-state index contributed by atoms with van der Waals surface area (Å²) in [6, 6.07) is 6.83. The van der Waals surface area contributed by atoms with E-state index in [1.54, 1.807) is 7.05 Å². The van der Waals surface area contributed by atoms with Crippen LogP contribution in [-0.2, 0) is 0 Å². The summed E-state index contributed by atoms with van der Waals surface area (Å²) in [7, 11) is 1.60. The van der Waals surface area contributed by atoms with Gasteiger partial charge in [0.15, 0.2) is 11.5 Å².